The number of hydrogen-bond acceptors (Lipinski definition) is 3. The summed E-state index contributed by atoms with van der Waals surface area (Å²) < 4.78 is 40.4. The number of carboxylic acid groups (broad SMARTS) is 1. The molecule has 3 rings (SSSR count). The number of halogens is 1. The van der Waals surface area contributed by atoms with Crippen LogP contribution in [0.4, 0.5) is 10.1 Å². The Labute approximate surface area is 133 Å². The van der Waals surface area contributed by atoms with Crippen LogP contribution in [0, 0.1) is 5.82 Å². The van der Waals surface area contributed by atoms with Crippen LogP contribution < -0.4 is 4.31 Å². The summed E-state index contributed by atoms with van der Waals surface area (Å²) in [6.45, 7) is 2.18. The minimum Gasteiger partial charge on any atom is -0.478 e. The van der Waals surface area contributed by atoms with Crippen molar-refractivity contribution < 1.29 is 22.7 Å². The molecule has 0 bridgehead atoms. The van der Waals surface area contributed by atoms with E-state index in [0.29, 0.717) is 5.69 Å². The van der Waals surface area contributed by atoms with E-state index < -0.39 is 27.4 Å². The molecule has 1 aliphatic heterocycles. The monoisotopic (exact) mass is 335 g/mol. The molecule has 7 heteroatoms. The van der Waals surface area contributed by atoms with E-state index in [-0.39, 0.29) is 17.4 Å². The van der Waals surface area contributed by atoms with Crippen LogP contribution in [-0.2, 0) is 10.0 Å². The van der Waals surface area contributed by atoms with Gasteiger partial charge in [0.2, 0.25) is 0 Å². The first kappa shape index (κ1) is 15.5. The average molecular weight is 335 g/mol. The molecular weight excluding hydrogens is 321 g/mol. The second-order valence-corrected chi connectivity index (χ2v) is 7.31. The molecule has 0 fully saturated rings. The second-order valence-electron chi connectivity index (χ2n) is 5.44. The number of carboxylic acids is 1. The Bertz CT molecular complexity index is 895. The zero-order chi connectivity index (χ0) is 16.8. The minimum absolute atomic E-state index is 0.0281. The van der Waals surface area contributed by atoms with E-state index in [9.17, 15) is 17.6 Å². The predicted octanol–water partition coefficient (Wildman–Crippen LogP) is 2.84. The Kier molecular flexibility index (Phi) is 3.60. The molecule has 1 atom stereocenters. The lowest BCUT2D eigenvalue weighted by Gasteiger charge is -2.20. The second kappa shape index (κ2) is 5.34. The lowest BCUT2D eigenvalue weighted by molar-refractivity contribution is 0.0691. The van der Waals surface area contributed by atoms with Crippen LogP contribution in [0.25, 0.3) is 0 Å². The molecular formula is C16H14FNO4S. The molecule has 0 aliphatic carbocycles. The molecule has 23 heavy (non-hydrogen) atoms. The quantitative estimate of drug-likeness (QED) is 0.936. The van der Waals surface area contributed by atoms with E-state index in [1.54, 1.807) is 12.1 Å². The van der Waals surface area contributed by atoms with Crippen molar-refractivity contribution in [2.75, 3.05) is 10.8 Å². The Balaban J connectivity index is 2.11. The molecule has 2 aromatic rings. The van der Waals surface area contributed by atoms with Crippen LogP contribution in [-0.4, -0.2) is 26.0 Å². The molecule has 1 heterocycles. The largest absolute Gasteiger partial charge is 0.478 e. The molecule has 0 unspecified atom stereocenters. The number of fused-ring (bicyclic) bond motifs is 1. The van der Waals surface area contributed by atoms with Gasteiger partial charge in [-0.25, -0.2) is 17.6 Å². The highest BCUT2D eigenvalue weighted by atomic mass is 32.2. The normalized spacial score (nSPS) is 17.1. The maximum atomic E-state index is 13.5. The van der Waals surface area contributed by atoms with Crippen LogP contribution in [0.5, 0.6) is 0 Å². The number of carbonyl (C=O) groups is 1. The number of benzene rings is 2. The standard InChI is InChI=1S/C16H14FNO4S/c1-10-9-18(15-5-3-2-4-12(10)15)23(21,22)11-6-7-14(17)13(8-11)16(19)20/h2-8,10H,9H2,1H3,(H,19,20)/t10-/m1/s1. The maximum Gasteiger partial charge on any atom is 0.338 e. The summed E-state index contributed by atoms with van der Waals surface area (Å²) in [7, 11) is -3.95. The SMILES string of the molecule is C[C@@H]1CN(S(=O)(=O)c2ccc(F)c(C(=O)O)c2)c2ccccc21. The third-order valence-corrected chi connectivity index (χ3v) is 5.71. The average Bonchev–Trinajstić information content (AvgIpc) is 2.85. The minimum atomic E-state index is -3.95. The summed E-state index contributed by atoms with van der Waals surface area (Å²) in [5.41, 5.74) is 0.824. The third-order valence-electron chi connectivity index (χ3n) is 3.93. The number of para-hydroxylation sites is 1. The first-order valence-corrected chi connectivity index (χ1v) is 8.41. The van der Waals surface area contributed by atoms with Gasteiger partial charge in [0.25, 0.3) is 10.0 Å². The summed E-state index contributed by atoms with van der Waals surface area (Å²) in [6, 6.07) is 9.96. The Morgan fingerprint density at radius 1 is 1.26 bits per heavy atom. The summed E-state index contributed by atoms with van der Waals surface area (Å²) in [5.74, 6) is -2.44. The Hall–Kier alpha value is -2.41. The molecule has 0 saturated carbocycles. The number of aromatic carboxylic acids is 1. The highest BCUT2D eigenvalue weighted by Gasteiger charge is 2.34. The topological polar surface area (TPSA) is 74.7 Å². The van der Waals surface area contributed by atoms with Crippen molar-refractivity contribution in [1.29, 1.82) is 0 Å². The number of nitrogens with zero attached hydrogens (tertiary/aromatic N) is 1. The molecule has 0 aromatic heterocycles. The molecule has 1 aliphatic rings. The maximum absolute atomic E-state index is 13.5. The number of hydrogen-bond donors (Lipinski definition) is 1. The molecule has 120 valence electrons. The van der Waals surface area contributed by atoms with E-state index in [4.69, 9.17) is 5.11 Å². The first-order valence-electron chi connectivity index (χ1n) is 6.97. The van der Waals surface area contributed by atoms with Crippen molar-refractivity contribution in [3.63, 3.8) is 0 Å². The van der Waals surface area contributed by atoms with Crippen molar-refractivity contribution in [2.45, 2.75) is 17.7 Å². The lowest BCUT2D eigenvalue weighted by Crippen LogP contribution is -2.30. The number of sulfonamides is 1. The van der Waals surface area contributed by atoms with Gasteiger partial charge >= 0.3 is 5.97 Å². The van der Waals surface area contributed by atoms with Gasteiger partial charge in [-0.3, -0.25) is 4.31 Å². The van der Waals surface area contributed by atoms with Crippen LogP contribution in [0.1, 0.15) is 28.8 Å². The summed E-state index contributed by atoms with van der Waals surface area (Å²) in [5, 5.41) is 8.97. The van der Waals surface area contributed by atoms with Crippen LogP contribution in [0.3, 0.4) is 0 Å². The van der Waals surface area contributed by atoms with Crippen molar-refractivity contribution >= 4 is 21.7 Å². The van der Waals surface area contributed by atoms with Gasteiger partial charge in [0.05, 0.1) is 16.1 Å². The molecule has 0 spiro atoms. The third kappa shape index (κ3) is 2.46. The van der Waals surface area contributed by atoms with Crippen molar-refractivity contribution in [3.8, 4) is 0 Å². The van der Waals surface area contributed by atoms with Crippen molar-refractivity contribution in [3.05, 3.63) is 59.4 Å². The van der Waals surface area contributed by atoms with Crippen molar-refractivity contribution in [2.24, 2.45) is 0 Å². The van der Waals surface area contributed by atoms with Gasteiger partial charge in [-0.1, -0.05) is 25.1 Å². The smallest absolute Gasteiger partial charge is 0.338 e. The van der Waals surface area contributed by atoms with E-state index >= 15 is 0 Å². The van der Waals surface area contributed by atoms with E-state index in [0.717, 1.165) is 23.8 Å². The molecule has 0 amide bonds. The van der Waals surface area contributed by atoms with Gasteiger partial charge in [-0.2, -0.15) is 0 Å². The fourth-order valence-electron chi connectivity index (χ4n) is 2.76. The molecule has 1 N–H and O–H groups in total. The Morgan fingerprint density at radius 3 is 2.65 bits per heavy atom. The van der Waals surface area contributed by atoms with Gasteiger partial charge in [-0.15, -0.1) is 0 Å². The summed E-state index contributed by atoms with van der Waals surface area (Å²) in [4.78, 5) is 10.8. The van der Waals surface area contributed by atoms with Gasteiger partial charge in [0, 0.05) is 12.5 Å². The Morgan fingerprint density at radius 2 is 1.96 bits per heavy atom. The zero-order valence-electron chi connectivity index (χ0n) is 12.2. The predicted molar refractivity (Wildman–Crippen MR) is 82.7 cm³/mol. The fourth-order valence-corrected chi connectivity index (χ4v) is 4.37. The molecule has 0 radical (unpaired) electrons. The van der Waals surface area contributed by atoms with Crippen LogP contribution in [0.2, 0.25) is 0 Å². The first-order chi connectivity index (χ1) is 10.8. The highest BCUT2D eigenvalue weighted by molar-refractivity contribution is 7.92. The van der Waals surface area contributed by atoms with E-state index in [1.807, 2.05) is 19.1 Å². The van der Waals surface area contributed by atoms with Crippen LogP contribution in [0.15, 0.2) is 47.4 Å². The summed E-state index contributed by atoms with van der Waals surface area (Å²) >= 11 is 0. The fraction of sp³-hybridized carbons (Fsp3) is 0.188. The van der Waals surface area contributed by atoms with Gasteiger partial charge < -0.3 is 5.11 Å². The van der Waals surface area contributed by atoms with E-state index in [2.05, 4.69) is 0 Å². The summed E-state index contributed by atoms with van der Waals surface area (Å²) in [6.07, 6.45) is 0. The molecule has 5 nitrogen and oxygen atoms in total. The van der Waals surface area contributed by atoms with E-state index in [1.165, 1.54) is 4.31 Å². The molecule has 0 saturated heterocycles. The number of anilines is 1. The highest BCUT2D eigenvalue weighted by Crippen LogP contribution is 2.39. The van der Waals surface area contributed by atoms with Crippen LogP contribution >= 0.6 is 0 Å². The van der Waals surface area contributed by atoms with Gasteiger partial charge in [0.1, 0.15) is 5.82 Å². The van der Waals surface area contributed by atoms with Gasteiger partial charge in [-0.05, 0) is 29.8 Å². The molecule has 2 aromatic carbocycles. The lowest BCUT2D eigenvalue weighted by atomic mass is 10.0. The number of rotatable bonds is 3. The van der Waals surface area contributed by atoms with Crippen molar-refractivity contribution in [1.82, 2.24) is 0 Å². The van der Waals surface area contributed by atoms with Gasteiger partial charge in [0.15, 0.2) is 0 Å². The zero-order valence-corrected chi connectivity index (χ0v) is 13.0.